The zero-order valence-corrected chi connectivity index (χ0v) is 14.7. The van der Waals surface area contributed by atoms with E-state index in [0.717, 1.165) is 32.5 Å². The smallest absolute Gasteiger partial charge is 0.234 e. The average molecular weight is 354 g/mol. The molecule has 0 saturated carbocycles. The molecule has 7 nitrogen and oxygen atoms in total. The Morgan fingerprint density at radius 2 is 2.00 bits per heavy atom. The molecule has 1 amide bonds. The molecule has 8 heteroatoms. The van der Waals surface area contributed by atoms with Crippen LogP contribution in [0.5, 0.6) is 0 Å². The molecule has 1 atom stereocenters. The standard InChI is InChI=1S/C16H26N4O3S/c21-16(17-10-15-4-9-24(22,23)13-15)12-19-7-2-14(3-8-19)11-20-6-1-5-18-20/h1,5-6,14-15H,2-4,7-13H2,(H,17,21). The second-order valence-electron chi connectivity index (χ2n) is 7.02. The minimum absolute atomic E-state index is 0.00447. The van der Waals surface area contributed by atoms with Gasteiger partial charge in [-0.3, -0.25) is 14.4 Å². The van der Waals surface area contributed by atoms with Gasteiger partial charge in [0.1, 0.15) is 0 Å². The molecule has 0 aliphatic carbocycles. The number of nitrogens with one attached hydrogen (secondary N) is 1. The van der Waals surface area contributed by atoms with Crippen molar-refractivity contribution in [2.24, 2.45) is 11.8 Å². The molecule has 1 unspecified atom stereocenters. The zero-order valence-electron chi connectivity index (χ0n) is 13.9. The van der Waals surface area contributed by atoms with Gasteiger partial charge in [0.25, 0.3) is 0 Å². The molecule has 0 bridgehead atoms. The molecule has 24 heavy (non-hydrogen) atoms. The predicted molar refractivity (Wildman–Crippen MR) is 91.2 cm³/mol. The van der Waals surface area contributed by atoms with E-state index in [9.17, 15) is 13.2 Å². The molecule has 1 aromatic rings. The van der Waals surface area contributed by atoms with Gasteiger partial charge in [-0.2, -0.15) is 5.10 Å². The van der Waals surface area contributed by atoms with E-state index < -0.39 is 9.84 Å². The number of carbonyl (C=O) groups excluding carboxylic acids is 1. The van der Waals surface area contributed by atoms with Crippen LogP contribution in [0.25, 0.3) is 0 Å². The highest BCUT2D eigenvalue weighted by Gasteiger charge is 2.28. The van der Waals surface area contributed by atoms with Crippen molar-refractivity contribution < 1.29 is 13.2 Å². The Labute approximate surface area is 143 Å². The van der Waals surface area contributed by atoms with Gasteiger partial charge in [-0.15, -0.1) is 0 Å². The Balaban J connectivity index is 1.33. The highest BCUT2D eigenvalue weighted by atomic mass is 32.2. The number of hydrogen-bond donors (Lipinski definition) is 1. The summed E-state index contributed by atoms with van der Waals surface area (Å²) in [5.41, 5.74) is 0. The third-order valence-electron chi connectivity index (χ3n) is 4.99. The SMILES string of the molecule is O=C(CN1CCC(Cn2cccn2)CC1)NCC1CCS(=O)(=O)C1. The van der Waals surface area contributed by atoms with Gasteiger partial charge < -0.3 is 5.32 Å². The van der Waals surface area contributed by atoms with E-state index in [-0.39, 0.29) is 23.3 Å². The minimum Gasteiger partial charge on any atom is -0.355 e. The lowest BCUT2D eigenvalue weighted by Gasteiger charge is -2.31. The van der Waals surface area contributed by atoms with Crippen molar-refractivity contribution in [3.05, 3.63) is 18.5 Å². The van der Waals surface area contributed by atoms with Crippen LogP contribution in [0.4, 0.5) is 0 Å². The van der Waals surface area contributed by atoms with E-state index in [1.807, 2.05) is 16.9 Å². The average Bonchev–Trinajstić information content (AvgIpc) is 3.16. The van der Waals surface area contributed by atoms with Crippen LogP contribution in [-0.2, 0) is 21.2 Å². The third kappa shape index (κ3) is 5.04. The van der Waals surface area contributed by atoms with Crippen molar-refractivity contribution in [2.75, 3.05) is 37.7 Å². The lowest BCUT2D eigenvalue weighted by Crippen LogP contribution is -2.43. The molecule has 0 spiro atoms. The Bertz CT molecular complexity index is 636. The summed E-state index contributed by atoms with van der Waals surface area (Å²) < 4.78 is 24.8. The number of rotatable bonds is 6. The van der Waals surface area contributed by atoms with Crippen LogP contribution in [0.2, 0.25) is 0 Å². The summed E-state index contributed by atoms with van der Waals surface area (Å²) in [4.78, 5) is 14.2. The topological polar surface area (TPSA) is 84.3 Å². The van der Waals surface area contributed by atoms with E-state index in [1.165, 1.54) is 0 Å². The normalized spacial score (nSPS) is 24.9. The first-order valence-electron chi connectivity index (χ1n) is 8.67. The fourth-order valence-corrected chi connectivity index (χ4v) is 5.41. The molecular formula is C16H26N4O3S. The van der Waals surface area contributed by atoms with Gasteiger partial charge in [0.15, 0.2) is 9.84 Å². The monoisotopic (exact) mass is 354 g/mol. The maximum absolute atomic E-state index is 12.1. The van der Waals surface area contributed by atoms with Gasteiger partial charge in [0.2, 0.25) is 5.91 Å². The van der Waals surface area contributed by atoms with E-state index in [4.69, 9.17) is 0 Å². The molecule has 2 saturated heterocycles. The van der Waals surface area contributed by atoms with Crippen molar-refractivity contribution in [3.63, 3.8) is 0 Å². The Kier molecular flexibility index (Phi) is 5.55. The molecule has 2 aliphatic rings. The number of sulfone groups is 1. The summed E-state index contributed by atoms with van der Waals surface area (Å²) >= 11 is 0. The molecular weight excluding hydrogens is 328 g/mol. The van der Waals surface area contributed by atoms with Crippen LogP contribution in [0.15, 0.2) is 18.5 Å². The van der Waals surface area contributed by atoms with Crippen LogP contribution in [0, 0.1) is 11.8 Å². The number of aromatic nitrogens is 2. The predicted octanol–water partition coefficient (Wildman–Crippen LogP) is 0.146. The van der Waals surface area contributed by atoms with E-state index >= 15 is 0 Å². The maximum atomic E-state index is 12.1. The maximum Gasteiger partial charge on any atom is 0.234 e. The quantitative estimate of drug-likeness (QED) is 0.786. The lowest BCUT2D eigenvalue weighted by molar-refractivity contribution is -0.122. The number of amides is 1. The Morgan fingerprint density at radius 1 is 1.21 bits per heavy atom. The molecule has 0 radical (unpaired) electrons. The summed E-state index contributed by atoms with van der Waals surface area (Å²) in [6, 6.07) is 1.94. The number of carbonyl (C=O) groups is 1. The van der Waals surface area contributed by atoms with Crippen LogP contribution in [-0.4, -0.2) is 66.7 Å². The number of nitrogens with zero attached hydrogens (tertiary/aromatic N) is 3. The number of piperidine rings is 1. The molecule has 3 heterocycles. The molecule has 134 valence electrons. The van der Waals surface area contributed by atoms with Crippen molar-refractivity contribution in [3.8, 4) is 0 Å². The summed E-state index contributed by atoms with van der Waals surface area (Å²) in [6.07, 6.45) is 6.61. The highest BCUT2D eigenvalue weighted by molar-refractivity contribution is 7.91. The van der Waals surface area contributed by atoms with Gasteiger partial charge in [-0.05, 0) is 50.3 Å². The van der Waals surface area contributed by atoms with E-state index in [0.29, 0.717) is 25.4 Å². The first-order valence-corrected chi connectivity index (χ1v) is 10.5. The molecule has 1 aromatic heterocycles. The van der Waals surface area contributed by atoms with E-state index in [2.05, 4.69) is 15.3 Å². The van der Waals surface area contributed by atoms with Gasteiger partial charge in [-0.25, -0.2) is 8.42 Å². The summed E-state index contributed by atoms with van der Waals surface area (Å²) in [7, 11) is -2.87. The first-order chi connectivity index (χ1) is 11.5. The molecule has 1 N–H and O–H groups in total. The lowest BCUT2D eigenvalue weighted by atomic mass is 9.97. The summed E-state index contributed by atoms with van der Waals surface area (Å²) in [5, 5.41) is 7.14. The van der Waals surface area contributed by atoms with E-state index in [1.54, 1.807) is 6.20 Å². The second kappa shape index (κ2) is 7.65. The van der Waals surface area contributed by atoms with Gasteiger partial charge in [0.05, 0.1) is 18.1 Å². The van der Waals surface area contributed by atoms with Crippen LogP contribution in [0.3, 0.4) is 0 Å². The fourth-order valence-electron chi connectivity index (χ4n) is 3.55. The first kappa shape index (κ1) is 17.4. The van der Waals surface area contributed by atoms with Crippen LogP contribution < -0.4 is 5.32 Å². The van der Waals surface area contributed by atoms with Crippen molar-refractivity contribution in [1.82, 2.24) is 20.0 Å². The second-order valence-corrected chi connectivity index (χ2v) is 9.25. The number of hydrogen-bond acceptors (Lipinski definition) is 5. The van der Waals surface area contributed by atoms with Crippen molar-refractivity contribution in [2.45, 2.75) is 25.8 Å². The number of likely N-dealkylation sites (tertiary alicyclic amines) is 1. The molecule has 0 aromatic carbocycles. The molecule has 2 aliphatic heterocycles. The van der Waals surface area contributed by atoms with Gasteiger partial charge in [0, 0.05) is 25.5 Å². The van der Waals surface area contributed by atoms with Gasteiger partial charge in [-0.1, -0.05) is 0 Å². The van der Waals surface area contributed by atoms with Crippen molar-refractivity contribution >= 4 is 15.7 Å². The highest BCUT2D eigenvalue weighted by Crippen LogP contribution is 2.19. The summed E-state index contributed by atoms with van der Waals surface area (Å²) in [6.45, 7) is 3.69. The Morgan fingerprint density at radius 3 is 2.62 bits per heavy atom. The van der Waals surface area contributed by atoms with Crippen molar-refractivity contribution in [1.29, 1.82) is 0 Å². The van der Waals surface area contributed by atoms with Gasteiger partial charge >= 0.3 is 0 Å². The third-order valence-corrected chi connectivity index (χ3v) is 6.83. The summed E-state index contributed by atoms with van der Waals surface area (Å²) in [5.74, 6) is 1.18. The van der Waals surface area contributed by atoms with Crippen LogP contribution in [0.1, 0.15) is 19.3 Å². The molecule has 3 rings (SSSR count). The van der Waals surface area contributed by atoms with Crippen LogP contribution >= 0.6 is 0 Å². The fraction of sp³-hybridized carbons (Fsp3) is 0.750. The largest absolute Gasteiger partial charge is 0.355 e. The zero-order chi connectivity index (χ0) is 17.0. The minimum atomic E-state index is -2.87. The molecule has 2 fully saturated rings. The Hall–Kier alpha value is -1.41.